The molecule has 5 heteroatoms. The maximum atomic E-state index is 10.9. The lowest BCUT2D eigenvalue weighted by atomic mass is 10.0. The standard InChI is InChI=1S/C6H10N2O2.ClH/c7-5-3-1-10-2-4(3)8-6(5)9;/h3-5H,1-2,7H2,(H,8,9);1H/t3-,4+,5+;/m1./s1. The number of ether oxygens (including phenoxy) is 1. The summed E-state index contributed by atoms with van der Waals surface area (Å²) >= 11 is 0. The molecule has 3 N–H and O–H groups in total. The molecule has 0 radical (unpaired) electrons. The highest BCUT2D eigenvalue weighted by Gasteiger charge is 2.43. The maximum absolute atomic E-state index is 10.9. The Morgan fingerprint density at radius 1 is 1.55 bits per heavy atom. The van der Waals surface area contributed by atoms with Crippen LogP contribution in [0.15, 0.2) is 0 Å². The smallest absolute Gasteiger partial charge is 0.237 e. The first-order valence-corrected chi connectivity index (χ1v) is 3.43. The van der Waals surface area contributed by atoms with Crippen molar-refractivity contribution in [2.45, 2.75) is 12.1 Å². The Labute approximate surface area is 70.9 Å². The van der Waals surface area contributed by atoms with Gasteiger partial charge in [0.15, 0.2) is 0 Å². The Kier molecular flexibility index (Phi) is 2.37. The van der Waals surface area contributed by atoms with Crippen LogP contribution in [0.2, 0.25) is 0 Å². The van der Waals surface area contributed by atoms with Crippen molar-refractivity contribution in [3.05, 3.63) is 0 Å². The minimum Gasteiger partial charge on any atom is -0.379 e. The number of rotatable bonds is 0. The van der Waals surface area contributed by atoms with Crippen molar-refractivity contribution in [1.82, 2.24) is 5.32 Å². The van der Waals surface area contributed by atoms with Crippen molar-refractivity contribution in [3.63, 3.8) is 0 Å². The van der Waals surface area contributed by atoms with Crippen LogP contribution < -0.4 is 11.1 Å². The molecular weight excluding hydrogens is 168 g/mol. The van der Waals surface area contributed by atoms with Crippen LogP contribution in [0.25, 0.3) is 0 Å². The first-order chi connectivity index (χ1) is 4.79. The number of carbonyl (C=O) groups is 1. The highest BCUT2D eigenvalue weighted by Crippen LogP contribution is 2.21. The highest BCUT2D eigenvalue weighted by molar-refractivity contribution is 5.85. The molecule has 64 valence electrons. The second-order valence-electron chi connectivity index (χ2n) is 2.84. The fraction of sp³-hybridized carbons (Fsp3) is 0.833. The number of fused-ring (bicyclic) bond motifs is 1. The summed E-state index contributed by atoms with van der Waals surface area (Å²) in [5, 5.41) is 2.78. The van der Waals surface area contributed by atoms with Crippen molar-refractivity contribution in [2.24, 2.45) is 11.7 Å². The van der Waals surface area contributed by atoms with Gasteiger partial charge in [-0.3, -0.25) is 4.79 Å². The SMILES string of the molecule is Cl.N[C@@H]1C(=O)N[C@H]2COC[C@H]21. The summed E-state index contributed by atoms with van der Waals surface area (Å²) in [6, 6.07) is -0.157. The van der Waals surface area contributed by atoms with E-state index in [0.717, 1.165) is 0 Å². The largest absolute Gasteiger partial charge is 0.379 e. The van der Waals surface area contributed by atoms with Crippen LogP contribution in [0.4, 0.5) is 0 Å². The van der Waals surface area contributed by atoms with Gasteiger partial charge < -0.3 is 15.8 Å². The van der Waals surface area contributed by atoms with Crippen molar-refractivity contribution >= 4 is 18.3 Å². The average molecular weight is 179 g/mol. The van der Waals surface area contributed by atoms with E-state index < -0.39 is 0 Å². The Bertz CT molecular complexity index is 176. The molecule has 2 saturated heterocycles. The Balaban J connectivity index is 0.000000605. The molecule has 11 heavy (non-hydrogen) atoms. The minimum atomic E-state index is -0.340. The lowest BCUT2D eigenvalue weighted by Gasteiger charge is -2.05. The van der Waals surface area contributed by atoms with Gasteiger partial charge in [-0.15, -0.1) is 12.4 Å². The molecule has 0 aromatic carbocycles. The van der Waals surface area contributed by atoms with Crippen molar-refractivity contribution in [3.8, 4) is 0 Å². The van der Waals surface area contributed by atoms with Gasteiger partial charge in [0.25, 0.3) is 0 Å². The molecule has 4 nitrogen and oxygen atoms in total. The number of nitrogens with two attached hydrogens (primary N) is 1. The minimum absolute atomic E-state index is 0. The molecule has 0 spiro atoms. The molecule has 2 aliphatic rings. The fourth-order valence-corrected chi connectivity index (χ4v) is 1.55. The number of hydrogen-bond acceptors (Lipinski definition) is 3. The van der Waals surface area contributed by atoms with E-state index in [1.807, 2.05) is 0 Å². The quantitative estimate of drug-likeness (QED) is 0.494. The molecule has 0 aromatic rings. The summed E-state index contributed by atoms with van der Waals surface area (Å²) in [5.41, 5.74) is 5.57. The zero-order valence-electron chi connectivity index (χ0n) is 5.95. The average Bonchev–Trinajstić information content (AvgIpc) is 2.41. The van der Waals surface area contributed by atoms with Crippen molar-refractivity contribution in [2.75, 3.05) is 13.2 Å². The molecule has 0 saturated carbocycles. The molecule has 1 amide bonds. The second-order valence-corrected chi connectivity index (χ2v) is 2.84. The van der Waals surface area contributed by atoms with Gasteiger partial charge in [-0.1, -0.05) is 0 Å². The van der Waals surface area contributed by atoms with E-state index in [9.17, 15) is 4.79 Å². The van der Waals surface area contributed by atoms with Gasteiger partial charge in [0.2, 0.25) is 5.91 Å². The maximum Gasteiger partial charge on any atom is 0.237 e. The van der Waals surface area contributed by atoms with Gasteiger partial charge in [-0.25, -0.2) is 0 Å². The zero-order chi connectivity index (χ0) is 7.14. The monoisotopic (exact) mass is 178 g/mol. The first-order valence-electron chi connectivity index (χ1n) is 3.43. The second kappa shape index (κ2) is 2.97. The number of nitrogens with one attached hydrogen (secondary N) is 1. The molecule has 2 rings (SSSR count). The summed E-state index contributed by atoms with van der Waals surface area (Å²) in [7, 11) is 0. The number of hydrogen-bond donors (Lipinski definition) is 2. The van der Waals surface area contributed by atoms with E-state index >= 15 is 0 Å². The van der Waals surface area contributed by atoms with Crippen LogP contribution in [0.5, 0.6) is 0 Å². The molecule has 3 atom stereocenters. The van der Waals surface area contributed by atoms with Crippen molar-refractivity contribution in [1.29, 1.82) is 0 Å². The molecule has 0 unspecified atom stereocenters. The Morgan fingerprint density at radius 3 is 2.91 bits per heavy atom. The molecule has 0 aliphatic carbocycles. The summed E-state index contributed by atoms with van der Waals surface area (Å²) in [6.45, 7) is 1.26. The molecule has 0 bridgehead atoms. The molecule has 2 aliphatic heterocycles. The lowest BCUT2D eigenvalue weighted by Crippen LogP contribution is -2.35. The zero-order valence-corrected chi connectivity index (χ0v) is 6.76. The lowest BCUT2D eigenvalue weighted by molar-refractivity contribution is -0.121. The predicted molar refractivity (Wildman–Crippen MR) is 41.5 cm³/mol. The number of halogens is 1. The topological polar surface area (TPSA) is 64.4 Å². The van der Waals surface area contributed by atoms with E-state index in [1.54, 1.807) is 0 Å². The molecule has 0 aromatic heterocycles. The van der Waals surface area contributed by atoms with Gasteiger partial charge in [0, 0.05) is 5.92 Å². The van der Waals surface area contributed by atoms with E-state index in [1.165, 1.54) is 0 Å². The predicted octanol–water partition coefficient (Wildman–Crippen LogP) is -1.12. The van der Waals surface area contributed by atoms with Crippen LogP contribution in [-0.4, -0.2) is 31.2 Å². The van der Waals surface area contributed by atoms with Gasteiger partial charge in [0.1, 0.15) is 0 Å². The Hall–Kier alpha value is -0.320. The summed E-state index contributed by atoms with van der Waals surface area (Å²) in [5.74, 6) is 0.186. The third-order valence-electron chi connectivity index (χ3n) is 2.22. The van der Waals surface area contributed by atoms with Crippen molar-refractivity contribution < 1.29 is 9.53 Å². The van der Waals surface area contributed by atoms with Gasteiger partial charge in [-0.2, -0.15) is 0 Å². The molecular formula is C6H11ClN2O2. The van der Waals surface area contributed by atoms with Crippen LogP contribution in [0.3, 0.4) is 0 Å². The third kappa shape index (κ3) is 1.21. The Morgan fingerprint density at radius 2 is 2.27 bits per heavy atom. The van der Waals surface area contributed by atoms with Crippen LogP contribution in [0, 0.1) is 5.92 Å². The number of amides is 1. The number of carbonyl (C=O) groups excluding carboxylic acids is 1. The van der Waals surface area contributed by atoms with Gasteiger partial charge in [0.05, 0.1) is 25.3 Å². The summed E-state index contributed by atoms with van der Waals surface area (Å²) in [6.07, 6.45) is 0. The van der Waals surface area contributed by atoms with Crippen LogP contribution in [0.1, 0.15) is 0 Å². The fourth-order valence-electron chi connectivity index (χ4n) is 1.55. The van der Waals surface area contributed by atoms with E-state index in [-0.39, 0.29) is 36.3 Å². The van der Waals surface area contributed by atoms with Crippen LogP contribution >= 0.6 is 12.4 Å². The first kappa shape index (κ1) is 8.77. The van der Waals surface area contributed by atoms with Crippen LogP contribution in [-0.2, 0) is 9.53 Å². The molecule has 2 fully saturated rings. The molecule has 2 heterocycles. The summed E-state index contributed by atoms with van der Waals surface area (Å²) < 4.78 is 5.14. The third-order valence-corrected chi connectivity index (χ3v) is 2.22. The van der Waals surface area contributed by atoms with E-state index in [2.05, 4.69) is 5.32 Å². The van der Waals surface area contributed by atoms with E-state index in [0.29, 0.717) is 13.2 Å². The highest BCUT2D eigenvalue weighted by atomic mass is 35.5. The van der Waals surface area contributed by atoms with E-state index in [4.69, 9.17) is 10.5 Å². The van der Waals surface area contributed by atoms with Gasteiger partial charge >= 0.3 is 0 Å². The van der Waals surface area contributed by atoms with Gasteiger partial charge in [-0.05, 0) is 0 Å². The summed E-state index contributed by atoms with van der Waals surface area (Å²) in [4.78, 5) is 10.9. The normalized spacial score (nSPS) is 41.2.